The van der Waals surface area contributed by atoms with Gasteiger partial charge in [-0.2, -0.15) is 0 Å². The zero-order valence-corrected chi connectivity index (χ0v) is 16.9. The molecular weight excluding hydrogens is 380 g/mol. The molecule has 10 heteroatoms. The average molecular weight is 405 g/mol. The molecule has 0 aliphatic heterocycles. The fraction of sp³-hybridized carbons (Fsp3) is 0.714. The zero-order chi connectivity index (χ0) is 17.0. The Morgan fingerprint density at radius 1 is 0.583 bits per heavy atom. The summed E-state index contributed by atoms with van der Waals surface area (Å²) in [5.41, 5.74) is 11.1. The van der Waals surface area contributed by atoms with Crippen molar-refractivity contribution in [2.75, 3.05) is 23.0 Å². The summed E-state index contributed by atoms with van der Waals surface area (Å²) in [4.78, 5) is 0. The van der Waals surface area contributed by atoms with Gasteiger partial charge in [-0.25, -0.2) is 0 Å². The minimum atomic E-state index is 0.559. The maximum Gasteiger partial charge on any atom is 0.203 e. The number of nitrogens with two attached hydrogens (primary N) is 2. The van der Waals surface area contributed by atoms with Gasteiger partial charge in [-0.05, 0) is 12.8 Å². The van der Waals surface area contributed by atoms with Crippen molar-refractivity contribution in [3.63, 3.8) is 0 Å². The van der Waals surface area contributed by atoms with Crippen LogP contribution in [0.3, 0.4) is 0 Å². The third-order valence-electron chi connectivity index (χ3n) is 3.33. The fourth-order valence-corrected chi connectivity index (χ4v) is 5.55. The van der Waals surface area contributed by atoms with E-state index in [1.165, 1.54) is 74.0 Å². The number of hydrogen-bond donors (Lipinski definition) is 2. The van der Waals surface area contributed by atoms with Gasteiger partial charge < -0.3 is 11.5 Å². The van der Waals surface area contributed by atoms with E-state index in [4.69, 9.17) is 11.5 Å². The van der Waals surface area contributed by atoms with Crippen molar-refractivity contribution in [2.24, 2.45) is 0 Å². The number of thioether (sulfide) groups is 2. The summed E-state index contributed by atoms with van der Waals surface area (Å²) in [5, 5.41) is 16.8. The lowest BCUT2D eigenvalue weighted by Crippen LogP contribution is -1.85. The Kier molecular flexibility index (Phi) is 9.78. The molecule has 6 nitrogen and oxygen atoms in total. The van der Waals surface area contributed by atoms with Crippen molar-refractivity contribution in [1.82, 2.24) is 20.4 Å². The Labute approximate surface area is 159 Å². The number of nitrogen functional groups attached to an aromatic ring is 2. The van der Waals surface area contributed by atoms with Crippen molar-refractivity contribution < 1.29 is 0 Å². The first kappa shape index (κ1) is 19.7. The van der Waals surface area contributed by atoms with Gasteiger partial charge in [-0.3, -0.25) is 0 Å². The molecular formula is C14H24N6S4. The lowest BCUT2D eigenvalue weighted by atomic mass is 10.1. The molecule has 0 spiro atoms. The molecule has 0 bridgehead atoms. The summed E-state index contributed by atoms with van der Waals surface area (Å²) in [7, 11) is 0. The molecule has 0 saturated heterocycles. The predicted octanol–water partition coefficient (Wildman–Crippen LogP) is 4.56. The Hall–Kier alpha value is -0.580. The van der Waals surface area contributed by atoms with Gasteiger partial charge in [0.05, 0.1) is 0 Å². The Balaban J connectivity index is 1.32. The third-order valence-corrected chi connectivity index (χ3v) is 7.28. The van der Waals surface area contributed by atoms with Crippen molar-refractivity contribution in [1.29, 1.82) is 0 Å². The SMILES string of the molecule is Nc1nnc(SCCCCCCCCCCSc2nnc(N)s2)s1. The standard InChI is InChI=1S/C14H24N6S4/c15-11-17-19-13(23-11)21-9-7-5-3-1-2-4-6-8-10-22-14-20-18-12(16)24-14/h1-10H2,(H2,15,17)(H2,16,18). The van der Waals surface area contributed by atoms with Gasteiger partial charge in [0.15, 0.2) is 8.68 Å². The molecule has 0 aliphatic carbocycles. The first-order valence-electron chi connectivity index (χ1n) is 8.17. The van der Waals surface area contributed by atoms with Crippen molar-refractivity contribution in [2.45, 2.75) is 60.0 Å². The minimum absolute atomic E-state index is 0.559. The lowest BCUT2D eigenvalue weighted by molar-refractivity contribution is 0.587. The van der Waals surface area contributed by atoms with E-state index in [0.29, 0.717) is 10.3 Å². The van der Waals surface area contributed by atoms with Crippen LogP contribution in [0.25, 0.3) is 0 Å². The van der Waals surface area contributed by atoms with E-state index in [1.807, 2.05) is 0 Å². The number of anilines is 2. The number of nitrogens with zero attached hydrogens (tertiary/aromatic N) is 4. The van der Waals surface area contributed by atoms with Crippen LogP contribution in [0.4, 0.5) is 10.3 Å². The van der Waals surface area contributed by atoms with Crippen LogP contribution in [0.15, 0.2) is 8.68 Å². The molecule has 4 N–H and O–H groups in total. The van der Waals surface area contributed by atoms with E-state index in [1.54, 1.807) is 23.5 Å². The number of aromatic nitrogens is 4. The molecule has 0 amide bonds. The molecule has 24 heavy (non-hydrogen) atoms. The van der Waals surface area contributed by atoms with Crippen LogP contribution in [-0.2, 0) is 0 Å². The number of unbranched alkanes of at least 4 members (excludes halogenated alkanes) is 7. The van der Waals surface area contributed by atoms with Crippen LogP contribution >= 0.6 is 46.2 Å². The Morgan fingerprint density at radius 2 is 0.958 bits per heavy atom. The lowest BCUT2D eigenvalue weighted by Gasteiger charge is -2.02. The van der Waals surface area contributed by atoms with Gasteiger partial charge in [0.25, 0.3) is 0 Å². The van der Waals surface area contributed by atoms with E-state index < -0.39 is 0 Å². The predicted molar refractivity (Wildman–Crippen MR) is 107 cm³/mol. The molecule has 2 aromatic rings. The second-order valence-corrected chi connectivity index (χ2v) is 10.0. The average Bonchev–Trinajstić information content (AvgIpc) is 3.17. The normalized spacial score (nSPS) is 11.2. The van der Waals surface area contributed by atoms with E-state index in [0.717, 1.165) is 20.2 Å². The van der Waals surface area contributed by atoms with Gasteiger partial charge >= 0.3 is 0 Å². The molecule has 0 unspecified atom stereocenters. The highest BCUT2D eigenvalue weighted by Gasteiger charge is 2.02. The van der Waals surface area contributed by atoms with E-state index in [2.05, 4.69) is 20.4 Å². The minimum Gasteiger partial charge on any atom is -0.374 e. The Bertz CT molecular complexity index is 523. The van der Waals surface area contributed by atoms with Crippen LogP contribution in [0.1, 0.15) is 51.4 Å². The molecule has 2 heterocycles. The summed E-state index contributed by atoms with van der Waals surface area (Å²) in [6, 6.07) is 0. The van der Waals surface area contributed by atoms with Crippen molar-refractivity contribution in [3.8, 4) is 0 Å². The summed E-state index contributed by atoms with van der Waals surface area (Å²) >= 11 is 6.47. The quantitative estimate of drug-likeness (QED) is 0.370. The highest BCUT2D eigenvalue weighted by Crippen LogP contribution is 2.25. The molecule has 0 saturated carbocycles. The highest BCUT2D eigenvalue weighted by atomic mass is 32.2. The molecule has 0 atom stereocenters. The van der Waals surface area contributed by atoms with Crippen LogP contribution in [0.5, 0.6) is 0 Å². The molecule has 0 aliphatic rings. The van der Waals surface area contributed by atoms with Gasteiger partial charge in [0.1, 0.15) is 0 Å². The van der Waals surface area contributed by atoms with Gasteiger partial charge in [0, 0.05) is 11.5 Å². The fourth-order valence-electron chi connectivity index (χ4n) is 2.14. The monoisotopic (exact) mass is 404 g/mol. The second kappa shape index (κ2) is 11.9. The summed E-state index contributed by atoms with van der Waals surface area (Å²) < 4.78 is 1.98. The largest absolute Gasteiger partial charge is 0.374 e. The smallest absolute Gasteiger partial charge is 0.203 e. The second-order valence-electron chi connectivity index (χ2n) is 5.34. The van der Waals surface area contributed by atoms with Crippen molar-refractivity contribution in [3.05, 3.63) is 0 Å². The molecule has 0 aromatic carbocycles. The summed E-state index contributed by atoms with van der Waals surface area (Å²) in [6.45, 7) is 0. The maximum atomic E-state index is 5.56. The van der Waals surface area contributed by atoms with Crippen LogP contribution in [-0.4, -0.2) is 31.9 Å². The first-order chi connectivity index (χ1) is 11.7. The van der Waals surface area contributed by atoms with Gasteiger partial charge in [0.2, 0.25) is 10.3 Å². The van der Waals surface area contributed by atoms with Crippen LogP contribution < -0.4 is 11.5 Å². The van der Waals surface area contributed by atoms with Crippen molar-refractivity contribution >= 4 is 56.5 Å². The van der Waals surface area contributed by atoms with Crippen LogP contribution in [0, 0.1) is 0 Å². The maximum absolute atomic E-state index is 5.56. The molecule has 2 aromatic heterocycles. The number of hydrogen-bond acceptors (Lipinski definition) is 10. The van der Waals surface area contributed by atoms with Crippen LogP contribution in [0.2, 0.25) is 0 Å². The first-order valence-corrected chi connectivity index (χ1v) is 11.8. The number of rotatable bonds is 13. The zero-order valence-electron chi connectivity index (χ0n) is 13.6. The van der Waals surface area contributed by atoms with E-state index in [-0.39, 0.29) is 0 Å². The Morgan fingerprint density at radius 3 is 1.29 bits per heavy atom. The van der Waals surface area contributed by atoms with Gasteiger partial charge in [-0.1, -0.05) is 84.7 Å². The summed E-state index contributed by atoms with van der Waals surface area (Å²) in [6.07, 6.45) is 10.4. The molecule has 0 radical (unpaired) electrons. The topological polar surface area (TPSA) is 104 Å². The summed E-state index contributed by atoms with van der Waals surface area (Å²) in [5.74, 6) is 2.23. The van der Waals surface area contributed by atoms with Gasteiger partial charge in [-0.15, -0.1) is 20.4 Å². The third kappa shape index (κ3) is 8.50. The molecule has 0 fully saturated rings. The molecule has 2 rings (SSSR count). The van der Waals surface area contributed by atoms with E-state index in [9.17, 15) is 0 Å². The van der Waals surface area contributed by atoms with E-state index >= 15 is 0 Å². The molecule has 134 valence electrons. The highest BCUT2D eigenvalue weighted by molar-refractivity contribution is 8.01.